The van der Waals surface area contributed by atoms with Crippen LogP contribution in [-0.2, 0) is 9.53 Å². The van der Waals surface area contributed by atoms with Crippen LogP contribution in [-0.4, -0.2) is 18.7 Å². The summed E-state index contributed by atoms with van der Waals surface area (Å²) in [5.74, 6) is 1.07. The summed E-state index contributed by atoms with van der Waals surface area (Å²) in [5.41, 5.74) is 1.59. The molecule has 4 atom stereocenters. The average Bonchev–Trinajstić information content (AvgIpc) is 2.52. The van der Waals surface area contributed by atoms with Crippen molar-refractivity contribution in [2.24, 2.45) is 11.3 Å². The quantitative estimate of drug-likeness (QED) is 0.614. The van der Waals surface area contributed by atoms with Gasteiger partial charge in [-0.3, -0.25) is 4.79 Å². The summed E-state index contributed by atoms with van der Waals surface area (Å²) in [6.45, 7) is 7.49. The maximum atomic E-state index is 12.3. The largest absolute Gasteiger partial charge is 0.426 e. The SMILES string of the molecule is CCC(C)c1ccc(OC(=O)C2CCC3(C)COC3C2)cc1. The predicted octanol–water partition coefficient (Wildman–Crippen LogP) is 4.31. The van der Waals surface area contributed by atoms with Crippen LogP contribution >= 0.6 is 0 Å². The van der Waals surface area contributed by atoms with Crippen molar-refractivity contribution < 1.29 is 14.3 Å². The molecule has 3 heteroatoms. The molecule has 1 aromatic carbocycles. The van der Waals surface area contributed by atoms with Crippen LogP contribution in [0.1, 0.15) is 57.9 Å². The molecule has 0 amide bonds. The zero-order valence-electron chi connectivity index (χ0n) is 13.8. The van der Waals surface area contributed by atoms with Crippen molar-refractivity contribution in [3.8, 4) is 5.75 Å². The monoisotopic (exact) mass is 302 g/mol. The smallest absolute Gasteiger partial charge is 0.314 e. The number of benzene rings is 1. The van der Waals surface area contributed by atoms with Crippen LogP contribution in [0.5, 0.6) is 5.75 Å². The van der Waals surface area contributed by atoms with E-state index in [1.54, 1.807) is 0 Å². The second kappa shape index (κ2) is 6.04. The van der Waals surface area contributed by atoms with Crippen LogP contribution in [0.3, 0.4) is 0 Å². The minimum Gasteiger partial charge on any atom is -0.426 e. The van der Waals surface area contributed by atoms with Gasteiger partial charge in [0, 0.05) is 5.41 Å². The molecule has 1 aliphatic carbocycles. The number of hydrogen-bond acceptors (Lipinski definition) is 3. The van der Waals surface area contributed by atoms with Gasteiger partial charge in [0.2, 0.25) is 0 Å². The molecule has 0 spiro atoms. The summed E-state index contributed by atoms with van der Waals surface area (Å²) in [4.78, 5) is 12.3. The molecule has 4 unspecified atom stereocenters. The van der Waals surface area contributed by atoms with Gasteiger partial charge in [0.1, 0.15) is 5.75 Å². The van der Waals surface area contributed by atoms with Gasteiger partial charge in [-0.25, -0.2) is 0 Å². The number of carbonyl (C=O) groups is 1. The molecule has 3 rings (SSSR count). The van der Waals surface area contributed by atoms with Crippen molar-refractivity contribution in [2.45, 2.75) is 58.5 Å². The van der Waals surface area contributed by atoms with Crippen LogP contribution in [0.25, 0.3) is 0 Å². The number of fused-ring (bicyclic) bond motifs is 1. The fourth-order valence-electron chi connectivity index (χ4n) is 3.47. The van der Waals surface area contributed by atoms with Crippen molar-refractivity contribution >= 4 is 5.97 Å². The van der Waals surface area contributed by atoms with Gasteiger partial charge in [0.05, 0.1) is 18.6 Å². The number of ether oxygens (including phenoxy) is 2. The summed E-state index contributed by atoms with van der Waals surface area (Å²) in [7, 11) is 0. The third-order valence-corrected chi connectivity index (χ3v) is 5.57. The van der Waals surface area contributed by atoms with Crippen LogP contribution in [0.15, 0.2) is 24.3 Å². The van der Waals surface area contributed by atoms with E-state index < -0.39 is 0 Å². The molecule has 1 heterocycles. The Kier molecular flexibility index (Phi) is 4.26. The number of carbonyl (C=O) groups excluding carboxylic acids is 1. The Morgan fingerprint density at radius 3 is 2.68 bits per heavy atom. The van der Waals surface area contributed by atoms with E-state index in [4.69, 9.17) is 9.47 Å². The second-order valence-electron chi connectivity index (χ2n) is 7.22. The first kappa shape index (κ1) is 15.5. The van der Waals surface area contributed by atoms with Crippen LogP contribution < -0.4 is 4.74 Å². The molecule has 1 aromatic rings. The summed E-state index contributed by atoms with van der Waals surface area (Å²) >= 11 is 0. The highest BCUT2D eigenvalue weighted by molar-refractivity contribution is 5.75. The molecule has 1 saturated heterocycles. The highest BCUT2D eigenvalue weighted by Crippen LogP contribution is 2.47. The molecule has 22 heavy (non-hydrogen) atoms. The van der Waals surface area contributed by atoms with E-state index in [1.165, 1.54) is 5.56 Å². The highest BCUT2D eigenvalue weighted by atomic mass is 16.5. The Morgan fingerprint density at radius 2 is 2.14 bits per heavy atom. The molecule has 120 valence electrons. The van der Waals surface area contributed by atoms with Crippen LogP contribution in [0, 0.1) is 11.3 Å². The van der Waals surface area contributed by atoms with Crippen LogP contribution in [0.4, 0.5) is 0 Å². The van der Waals surface area contributed by atoms with Crippen LogP contribution in [0.2, 0.25) is 0 Å². The maximum absolute atomic E-state index is 12.3. The molecule has 1 aliphatic heterocycles. The fraction of sp³-hybridized carbons (Fsp3) is 0.632. The van der Waals surface area contributed by atoms with E-state index in [2.05, 4.69) is 32.9 Å². The lowest BCUT2D eigenvalue weighted by Crippen LogP contribution is -2.54. The molecule has 2 aliphatic rings. The summed E-state index contributed by atoms with van der Waals surface area (Å²) in [6, 6.07) is 7.94. The van der Waals surface area contributed by atoms with E-state index in [0.717, 1.165) is 32.3 Å². The van der Waals surface area contributed by atoms with E-state index in [0.29, 0.717) is 17.1 Å². The standard InChI is InChI=1S/C19H26O3/c1-4-13(2)14-5-7-16(8-6-14)22-18(20)15-9-10-19(3)12-21-17(19)11-15/h5-8,13,15,17H,4,9-12H2,1-3H3. The zero-order chi connectivity index (χ0) is 15.7. The highest BCUT2D eigenvalue weighted by Gasteiger charge is 2.49. The van der Waals surface area contributed by atoms with Crippen molar-refractivity contribution in [3.63, 3.8) is 0 Å². The van der Waals surface area contributed by atoms with E-state index in [-0.39, 0.29) is 18.0 Å². The first-order valence-electron chi connectivity index (χ1n) is 8.45. The van der Waals surface area contributed by atoms with Gasteiger partial charge in [0.25, 0.3) is 0 Å². The molecule has 2 fully saturated rings. The van der Waals surface area contributed by atoms with E-state index in [1.807, 2.05) is 12.1 Å². The second-order valence-corrected chi connectivity index (χ2v) is 7.22. The third kappa shape index (κ3) is 2.91. The Morgan fingerprint density at radius 1 is 1.41 bits per heavy atom. The predicted molar refractivity (Wildman–Crippen MR) is 86.0 cm³/mol. The zero-order valence-corrected chi connectivity index (χ0v) is 13.8. The topological polar surface area (TPSA) is 35.5 Å². The van der Waals surface area contributed by atoms with E-state index >= 15 is 0 Å². The van der Waals surface area contributed by atoms with Crippen molar-refractivity contribution in [2.75, 3.05) is 6.61 Å². The lowest BCUT2D eigenvalue weighted by atomic mass is 9.67. The van der Waals surface area contributed by atoms with Crippen molar-refractivity contribution in [3.05, 3.63) is 29.8 Å². The Bertz CT molecular complexity index is 536. The molecule has 1 saturated carbocycles. The van der Waals surface area contributed by atoms with Gasteiger partial charge in [-0.1, -0.05) is 32.9 Å². The molecular weight excluding hydrogens is 276 g/mol. The number of hydrogen-bond donors (Lipinski definition) is 0. The van der Waals surface area contributed by atoms with Crippen molar-refractivity contribution in [1.82, 2.24) is 0 Å². The summed E-state index contributed by atoms with van der Waals surface area (Å²) in [6.07, 6.45) is 4.14. The minimum atomic E-state index is -0.103. The van der Waals surface area contributed by atoms with Gasteiger partial charge >= 0.3 is 5.97 Å². The molecule has 0 N–H and O–H groups in total. The van der Waals surface area contributed by atoms with Crippen molar-refractivity contribution in [1.29, 1.82) is 0 Å². The maximum Gasteiger partial charge on any atom is 0.314 e. The van der Waals surface area contributed by atoms with E-state index in [9.17, 15) is 4.79 Å². The number of rotatable bonds is 4. The lowest BCUT2D eigenvalue weighted by molar-refractivity contribution is -0.208. The molecule has 0 bridgehead atoms. The Balaban J connectivity index is 1.58. The summed E-state index contributed by atoms with van der Waals surface area (Å²) < 4.78 is 11.2. The van der Waals surface area contributed by atoms with Gasteiger partial charge < -0.3 is 9.47 Å². The van der Waals surface area contributed by atoms with Gasteiger partial charge in [-0.15, -0.1) is 0 Å². The Labute approximate surface area is 133 Å². The number of esters is 1. The van der Waals surface area contributed by atoms with Gasteiger partial charge in [0.15, 0.2) is 0 Å². The summed E-state index contributed by atoms with van der Waals surface area (Å²) in [5, 5.41) is 0. The normalized spacial score (nSPS) is 31.8. The molecule has 0 aromatic heterocycles. The molecule has 3 nitrogen and oxygen atoms in total. The first-order chi connectivity index (χ1) is 10.5. The molecular formula is C19H26O3. The Hall–Kier alpha value is -1.35. The third-order valence-electron chi connectivity index (χ3n) is 5.57. The first-order valence-corrected chi connectivity index (χ1v) is 8.45. The molecule has 0 radical (unpaired) electrons. The van der Waals surface area contributed by atoms with Gasteiger partial charge in [-0.2, -0.15) is 0 Å². The average molecular weight is 302 g/mol. The fourth-order valence-corrected chi connectivity index (χ4v) is 3.47. The lowest BCUT2D eigenvalue weighted by Gasteiger charge is -2.51. The minimum absolute atomic E-state index is 0.0207. The van der Waals surface area contributed by atoms with Gasteiger partial charge in [-0.05, 0) is 49.3 Å².